The minimum atomic E-state index is -0.102. The summed E-state index contributed by atoms with van der Waals surface area (Å²) >= 11 is 0. The van der Waals surface area contributed by atoms with E-state index >= 15 is 0 Å². The highest BCUT2D eigenvalue weighted by Gasteiger charge is 2.39. The van der Waals surface area contributed by atoms with Crippen molar-refractivity contribution in [3.05, 3.63) is 72.0 Å². The van der Waals surface area contributed by atoms with Gasteiger partial charge in [0, 0.05) is 12.0 Å². The zero-order valence-electron chi connectivity index (χ0n) is 13.6. The van der Waals surface area contributed by atoms with Gasteiger partial charge < -0.3 is 5.11 Å². The standard InChI is InChI=1S/C21H22O2/c1-21(2,19-12-17(14-22)20(23)13-19)18-10-8-16(9-11-18)15-6-4-3-5-7-15/h3-11,14,19,22H,12-13H2,1-2H3/b17-14-/t19-/m1/s1. The summed E-state index contributed by atoms with van der Waals surface area (Å²) in [6, 6.07) is 18.9. The Kier molecular flexibility index (Phi) is 4.08. The lowest BCUT2D eigenvalue weighted by Crippen LogP contribution is -2.27. The number of allylic oxidation sites excluding steroid dienone is 1. The predicted octanol–water partition coefficient (Wildman–Crippen LogP) is 5.05. The van der Waals surface area contributed by atoms with Crippen LogP contribution in [0.5, 0.6) is 0 Å². The van der Waals surface area contributed by atoms with Crippen LogP contribution in [0.3, 0.4) is 0 Å². The third-order valence-electron chi connectivity index (χ3n) is 5.17. The lowest BCUT2D eigenvalue weighted by Gasteiger charge is -2.31. The molecule has 0 aromatic heterocycles. The van der Waals surface area contributed by atoms with Crippen LogP contribution >= 0.6 is 0 Å². The van der Waals surface area contributed by atoms with Crippen LogP contribution in [0.1, 0.15) is 32.3 Å². The van der Waals surface area contributed by atoms with Crippen LogP contribution in [0.25, 0.3) is 11.1 Å². The van der Waals surface area contributed by atoms with Gasteiger partial charge in [-0.3, -0.25) is 4.79 Å². The van der Waals surface area contributed by atoms with Crippen LogP contribution in [0.4, 0.5) is 0 Å². The number of carbonyl (C=O) groups excluding carboxylic acids is 1. The molecule has 2 heteroatoms. The van der Waals surface area contributed by atoms with E-state index in [1.807, 2.05) is 18.2 Å². The first-order valence-corrected chi connectivity index (χ1v) is 8.05. The summed E-state index contributed by atoms with van der Waals surface area (Å²) in [7, 11) is 0. The quantitative estimate of drug-likeness (QED) is 0.636. The van der Waals surface area contributed by atoms with Gasteiger partial charge in [-0.05, 0) is 34.4 Å². The fourth-order valence-corrected chi connectivity index (χ4v) is 3.40. The van der Waals surface area contributed by atoms with Crippen molar-refractivity contribution in [3.63, 3.8) is 0 Å². The number of benzene rings is 2. The monoisotopic (exact) mass is 306 g/mol. The van der Waals surface area contributed by atoms with Gasteiger partial charge in [0.15, 0.2) is 5.78 Å². The third-order valence-corrected chi connectivity index (χ3v) is 5.17. The number of carbonyl (C=O) groups is 1. The highest BCUT2D eigenvalue weighted by molar-refractivity contribution is 5.97. The number of aliphatic hydroxyl groups is 1. The van der Waals surface area contributed by atoms with Crippen molar-refractivity contribution < 1.29 is 9.90 Å². The highest BCUT2D eigenvalue weighted by Crippen LogP contribution is 2.42. The maximum absolute atomic E-state index is 11.9. The number of ketones is 1. The van der Waals surface area contributed by atoms with E-state index in [1.54, 1.807) is 0 Å². The molecule has 1 saturated carbocycles. The molecule has 118 valence electrons. The van der Waals surface area contributed by atoms with E-state index < -0.39 is 0 Å². The van der Waals surface area contributed by atoms with Crippen LogP contribution < -0.4 is 0 Å². The summed E-state index contributed by atoms with van der Waals surface area (Å²) in [6.45, 7) is 4.37. The molecule has 1 atom stereocenters. The van der Waals surface area contributed by atoms with E-state index in [-0.39, 0.29) is 17.1 Å². The molecule has 23 heavy (non-hydrogen) atoms. The maximum Gasteiger partial charge on any atom is 0.162 e. The fourth-order valence-electron chi connectivity index (χ4n) is 3.40. The van der Waals surface area contributed by atoms with Crippen molar-refractivity contribution in [2.24, 2.45) is 5.92 Å². The van der Waals surface area contributed by atoms with Crippen molar-refractivity contribution in [2.75, 3.05) is 0 Å². The van der Waals surface area contributed by atoms with Gasteiger partial charge in [-0.2, -0.15) is 0 Å². The Hall–Kier alpha value is -2.35. The molecule has 0 radical (unpaired) electrons. The molecule has 1 N–H and O–H groups in total. The largest absolute Gasteiger partial charge is 0.515 e. The van der Waals surface area contributed by atoms with Crippen LogP contribution in [-0.4, -0.2) is 10.9 Å². The molecule has 3 rings (SSSR count). The predicted molar refractivity (Wildman–Crippen MR) is 93.3 cm³/mol. The van der Waals surface area contributed by atoms with Gasteiger partial charge in [0.05, 0.1) is 6.26 Å². The summed E-state index contributed by atoms with van der Waals surface area (Å²) in [5, 5.41) is 9.17. The summed E-state index contributed by atoms with van der Waals surface area (Å²) in [5.41, 5.74) is 4.09. The van der Waals surface area contributed by atoms with Crippen molar-refractivity contribution >= 4 is 5.78 Å². The number of Topliss-reactive ketones (excluding diaryl/α,β-unsaturated/α-hetero) is 1. The second-order valence-electron chi connectivity index (χ2n) is 6.85. The molecule has 0 heterocycles. The van der Waals surface area contributed by atoms with Crippen molar-refractivity contribution in [3.8, 4) is 11.1 Å². The Morgan fingerprint density at radius 2 is 1.57 bits per heavy atom. The van der Waals surface area contributed by atoms with Gasteiger partial charge in [-0.25, -0.2) is 0 Å². The fraction of sp³-hybridized carbons (Fsp3) is 0.286. The van der Waals surface area contributed by atoms with Gasteiger partial charge >= 0.3 is 0 Å². The molecule has 1 aliphatic rings. The number of aliphatic hydroxyl groups excluding tert-OH is 1. The van der Waals surface area contributed by atoms with E-state index in [9.17, 15) is 9.90 Å². The number of rotatable bonds is 3. The molecular formula is C21H22O2. The van der Waals surface area contributed by atoms with Gasteiger partial charge in [0.25, 0.3) is 0 Å². The lowest BCUT2D eigenvalue weighted by molar-refractivity contribution is -0.115. The molecule has 2 aromatic rings. The molecule has 0 amide bonds. The molecular weight excluding hydrogens is 284 g/mol. The Labute approximate surface area is 137 Å². The van der Waals surface area contributed by atoms with Crippen molar-refractivity contribution in [1.29, 1.82) is 0 Å². The smallest absolute Gasteiger partial charge is 0.162 e. The zero-order chi connectivity index (χ0) is 16.4. The normalized spacial score (nSPS) is 20.2. The third kappa shape index (κ3) is 2.94. The molecule has 1 fully saturated rings. The average molecular weight is 306 g/mol. The maximum atomic E-state index is 11.9. The highest BCUT2D eigenvalue weighted by atomic mass is 16.2. The van der Waals surface area contributed by atoms with E-state index in [2.05, 4.69) is 50.2 Å². The minimum Gasteiger partial charge on any atom is -0.515 e. The second kappa shape index (κ2) is 6.04. The SMILES string of the molecule is CC(C)(c1ccc(-c2ccccc2)cc1)[C@H]1CC(=O)/C(=C\O)C1. The first-order valence-electron chi connectivity index (χ1n) is 8.05. The van der Waals surface area contributed by atoms with E-state index in [1.165, 1.54) is 16.7 Å². The van der Waals surface area contributed by atoms with Crippen molar-refractivity contribution in [2.45, 2.75) is 32.1 Å². The molecule has 2 nitrogen and oxygen atoms in total. The summed E-state index contributed by atoms with van der Waals surface area (Å²) in [6.07, 6.45) is 2.15. The summed E-state index contributed by atoms with van der Waals surface area (Å²) < 4.78 is 0. The van der Waals surface area contributed by atoms with Gasteiger partial charge in [-0.15, -0.1) is 0 Å². The van der Waals surface area contributed by atoms with Crippen LogP contribution in [0.2, 0.25) is 0 Å². The Morgan fingerprint density at radius 3 is 2.13 bits per heavy atom. The lowest BCUT2D eigenvalue weighted by atomic mass is 9.72. The molecule has 0 aliphatic heterocycles. The first-order chi connectivity index (χ1) is 11.0. The van der Waals surface area contributed by atoms with E-state index in [0.717, 1.165) is 6.26 Å². The van der Waals surface area contributed by atoms with Crippen LogP contribution in [0, 0.1) is 5.92 Å². The molecule has 1 aliphatic carbocycles. The van der Waals surface area contributed by atoms with E-state index in [4.69, 9.17) is 0 Å². The minimum absolute atomic E-state index is 0.0754. The average Bonchev–Trinajstić information content (AvgIpc) is 2.97. The molecule has 2 aromatic carbocycles. The van der Waals surface area contributed by atoms with Gasteiger partial charge in [0.2, 0.25) is 0 Å². The summed E-state index contributed by atoms with van der Waals surface area (Å²) in [4.78, 5) is 11.9. The van der Waals surface area contributed by atoms with Gasteiger partial charge in [-0.1, -0.05) is 68.4 Å². The van der Waals surface area contributed by atoms with Gasteiger partial charge in [0.1, 0.15) is 0 Å². The topological polar surface area (TPSA) is 37.3 Å². The second-order valence-corrected chi connectivity index (χ2v) is 6.85. The van der Waals surface area contributed by atoms with Crippen molar-refractivity contribution in [1.82, 2.24) is 0 Å². The number of hydrogen-bond acceptors (Lipinski definition) is 2. The van der Waals surface area contributed by atoms with E-state index in [0.29, 0.717) is 18.4 Å². The van der Waals surface area contributed by atoms with Crippen LogP contribution in [-0.2, 0) is 10.2 Å². The molecule has 0 unspecified atom stereocenters. The number of hydrogen-bond donors (Lipinski definition) is 1. The first kappa shape index (κ1) is 15.5. The Bertz CT molecular complexity index is 724. The zero-order valence-corrected chi connectivity index (χ0v) is 13.6. The molecule has 0 spiro atoms. The Morgan fingerprint density at radius 1 is 0.957 bits per heavy atom. The molecule has 0 bridgehead atoms. The van der Waals surface area contributed by atoms with Crippen LogP contribution in [0.15, 0.2) is 66.4 Å². The Balaban J connectivity index is 1.85. The summed E-state index contributed by atoms with van der Waals surface area (Å²) in [5.74, 6) is 0.308. The molecule has 0 saturated heterocycles.